The Morgan fingerprint density at radius 1 is 0.923 bits per heavy atom. The van der Waals surface area contributed by atoms with Crippen LogP contribution >= 0.6 is 0 Å². The van der Waals surface area contributed by atoms with Gasteiger partial charge >= 0.3 is 12.5 Å². The van der Waals surface area contributed by atoms with Crippen LogP contribution in [0.4, 0.5) is 36.4 Å². The molecular weight excluding hydrogens is 395 g/mol. The number of rotatable bonds is 4. The lowest BCUT2D eigenvalue weighted by molar-refractivity contribution is -0.275. The van der Waals surface area contributed by atoms with Crippen LogP contribution in [0.2, 0.25) is 0 Å². The molecule has 0 atom stereocenters. The molecule has 0 spiro atoms. The third-order valence-electron chi connectivity index (χ3n) is 2.84. The first-order valence-electron chi connectivity index (χ1n) is 6.53. The van der Waals surface area contributed by atoms with Gasteiger partial charge in [0.25, 0.3) is 10.0 Å². The quantitative estimate of drug-likeness (QED) is 0.763. The fourth-order valence-corrected chi connectivity index (χ4v) is 3.07. The summed E-state index contributed by atoms with van der Waals surface area (Å²) in [6.07, 6.45) is -10.2. The molecule has 0 bridgehead atoms. The second kappa shape index (κ2) is 6.67. The van der Waals surface area contributed by atoms with Crippen LogP contribution in [0.1, 0.15) is 5.56 Å². The normalized spacial score (nSPS) is 12.7. The second-order valence-electron chi connectivity index (χ2n) is 4.83. The van der Waals surface area contributed by atoms with Gasteiger partial charge in [0.1, 0.15) is 16.5 Å². The molecule has 2 aromatic rings. The fraction of sp³-hybridized carbons (Fsp3) is 0.143. The maximum Gasteiger partial charge on any atom is 0.573 e. The molecule has 0 amide bonds. The molecule has 0 radical (unpaired) electrons. The van der Waals surface area contributed by atoms with Crippen LogP contribution in [0.5, 0.6) is 5.75 Å². The summed E-state index contributed by atoms with van der Waals surface area (Å²) in [4.78, 5) is -0.991. The maximum atomic E-state index is 13.3. The van der Waals surface area contributed by atoms with Crippen molar-refractivity contribution >= 4 is 15.7 Å². The van der Waals surface area contributed by atoms with Gasteiger partial charge in [-0.1, -0.05) is 12.1 Å². The minimum absolute atomic E-state index is 0.137. The van der Waals surface area contributed by atoms with Crippen molar-refractivity contribution in [1.29, 1.82) is 0 Å². The zero-order chi connectivity index (χ0) is 19.8. The van der Waals surface area contributed by atoms with Gasteiger partial charge < -0.3 is 4.74 Å². The Morgan fingerprint density at radius 2 is 1.54 bits per heavy atom. The van der Waals surface area contributed by atoms with Crippen LogP contribution in [-0.2, 0) is 16.2 Å². The number of halogens is 7. The first-order valence-corrected chi connectivity index (χ1v) is 8.02. The molecule has 0 fully saturated rings. The summed E-state index contributed by atoms with van der Waals surface area (Å²) in [5.74, 6) is -2.49. The van der Waals surface area contributed by atoms with Crippen molar-refractivity contribution in [2.24, 2.45) is 0 Å². The number of benzene rings is 2. The number of anilines is 1. The molecular formula is C14H8F7NO3S. The summed E-state index contributed by atoms with van der Waals surface area (Å²) in [6.45, 7) is 0. The Kier molecular flexibility index (Phi) is 5.08. The van der Waals surface area contributed by atoms with Crippen molar-refractivity contribution in [2.45, 2.75) is 17.4 Å². The Bertz CT molecular complexity index is 907. The molecule has 2 rings (SSSR count). The number of ether oxygens (including phenoxy) is 1. The van der Waals surface area contributed by atoms with Crippen molar-refractivity contribution in [3.05, 3.63) is 53.8 Å². The van der Waals surface area contributed by atoms with Crippen LogP contribution in [0.3, 0.4) is 0 Å². The first kappa shape index (κ1) is 19.8. The largest absolute Gasteiger partial charge is 0.573 e. The Hall–Kier alpha value is -2.50. The molecule has 26 heavy (non-hydrogen) atoms. The van der Waals surface area contributed by atoms with Gasteiger partial charge in [-0.2, -0.15) is 13.2 Å². The lowest BCUT2D eigenvalue weighted by atomic mass is 10.2. The Balaban J connectivity index is 2.44. The average molecular weight is 403 g/mol. The lowest BCUT2D eigenvalue weighted by Crippen LogP contribution is -2.21. The molecule has 0 aliphatic carbocycles. The monoisotopic (exact) mass is 403 g/mol. The Labute approximate surface area is 142 Å². The number of alkyl halides is 6. The van der Waals surface area contributed by atoms with E-state index in [0.29, 0.717) is 18.2 Å². The maximum absolute atomic E-state index is 13.3. The van der Waals surface area contributed by atoms with Crippen LogP contribution in [0.15, 0.2) is 47.4 Å². The van der Waals surface area contributed by atoms with Crippen molar-refractivity contribution < 1.29 is 43.9 Å². The summed E-state index contributed by atoms with van der Waals surface area (Å²) in [5, 5.41) is 0. The number of nitrogens with one attached hydrogen (secondary N) is 1. The van der Waals surface area contributed by atoms with E-state index in [0.717, 1.165) is 18.2 Å². The first-order chi connectivity index (χ1) is 11.8. The molecule has 0 aliphatic rings. The van der Waals surface area contributed by atoms with E-state index in [2.05, 4.69) is 4.74 Å². The van der Waals surface area contributed by atoms with Gasteiger partial charge in [-0.25, -0.2) is 12.8 Å². The third-order valence-corrected chi connectivity index (χ3v) is 4.26. The number of para-hydroxylation sites is 1. The Morgan fingerprint density at radius 3 is 2.12 bits per heavy atom. The predicted molar refractivity (Wildman–Crippen MR) is 75.3 cm³/mol. The van der Waals surface area contributed by atoms with Gasteiger partial charge in [0, 0.05) is 0 Å². The van der Waals surface area contributed by atoms with Gasteiger partial charge in [0.2, 0.25) is 0 Å². The number of sulfonamides is 1. The molecule has 0 saturated carbocycles. The summed E-state index contributed by atoms with van der Waals surface area (Å²) in [7, 11) is -4.80. The fourth-order valence-electron chi connectivity index (χ4n) is 1.90. The van der Waals surface area contributed by atoms with E-state index in [1.165, 1.54) is 0 Å². The van der Waals surface area contributed by atoms with Gasteiger partial charge in [0.15, 0.2) is 0 Å². The van der Waals surface area contributed by atoms with Crippen molar-refractivity contribution in [3.63, 3.8) is 0 Å². The highest BCUT2D eigenvalue weighted by Gasteiger charge is 2.35. The molecule has 0 unspecified atom stereocenters. The zero-order valence-corrected chi connectivity index (χ0v) is 13.1. The second-order valence-corrected chi connectivity index (χ2v) is 6.48. The van der Waals surface area contributed by atoms with Crippen molar-refractivity contribution in [3.8, 4) is 5.75 Å². The molecule has 12 heteroatoms. The van der Waals surface area contributed by atoms with Gasteiger partial charge in [-0.05, 0) is 30.3 Å². The van der Waals surface area contributed by atoms with E-state index in [4.69, 9.17) is 0 Å². The molecule has 0 aliphatic heterocycles. The predicted octanol–water partition coefficient (Wildman–Crippen LogP) is 4.54. The van der Waals surface area contributed by atoms with E-state index in [1.54, 1.807) is 4.72 Å². The molecule has 4 nitrogen and oxygen atoms in total. The zero-order valence-electron chi connectivity index (χ0n) is 12.3. The highest BCUT2D eigenvalue weighted by atomic mass is 32.2. The van der Waals surface area contributed by atoms with Gasteiger partial charge in [-0.15, -0.1) is 13.2 Å². The molecule has 142 valence electrons. The SMILES string of the molecule is O=S(=O)(Nc1cc(F)cc(C(F)(F)F)c1)c1ccccc1OC(F)(F)F. The summed E-state index contributed by atoms with van der Waals surface area (Å²) >= 11 is 0. The standard InChI is InChI=1S/C14H8F7NO3S/c15-9-5-8(13(16,17)18)6-10(7-9)22-26(23,24)12-4-2-1-3-11(12)25-14(19,20)21/h1-7,22H. The highest BCUT2D eigenvalue weighted by Crippen LogP contribution is 2.34. The highest BCUT2D eigenvalue weighted by molar-refractivity contribution is 7.92. The number of hydrogen-bond acceptors (Lipinski definition) is 3. The third kappa shape index (κ3) is 5.00. The van der Waals surface area contributed by atoms with E-state index < -0.39 is 50.3 Å². The molecule has 0 saturated heterocycles. The summed E-state index contributed by atoms with van der Waals surface area (Å²) in [6, 6.07) is 4.46. The molecule has 0 heterocycles. The van der Waals surface area contributed by atoms with Crippen molar-refractivity contribution in [2.75, 3.05) is 4.72 Å². The minimum Gasteiger partial charge on any atom is -0.404 e. The number of hydrogen-bond donors (Lipinski definition) is 1. The van der Waals surface area contributed by atoms with Gasteiger partial charge in [-0.3, -0.25) is 4.72 Å². The topological polar surface area (TPSA) is 55.4 Å². The van der Waals surface area contributed by atoms with Crippen LogP contribution in [0.25, 0.3) is 0 Å². The molecule has 0 aromatic heterocycles. The lowest BCUT2D eigenvalue weighted by Gasteiger charge is -2.15. The molecule has 2 aromatic carbocycles. The average Bonchev–Trinajstić information content (AvgIpc) is 2.43. The smallest absolute Gasteiger partial charge is 0.404 e. The van der Waals surface area contributed by atoms with Gasteiger partial charge in [0.05, 0.1) is 11.3 Å². The summed E-state index contributed by atoms with van der Waals surface area (Å²) in [5.41, 5.74) is -2.30. The minimum atomic E-state index is -5.20. The van der Waals surface area contributed by atoms with E-state index in [1.807, 2.05) is 0 Å². The van der Waals surface area contributed by atoms with E-state index in [9.17, 15) is 39.2 Å². The summed E-state index contributed by atoms with van der Waals surface area (Å²) < 4.78 is 118. The van der Waals surface area contributed by atoms with E-state index >= 15 is 0 Å². The van der Waals surface area contributed by atoms with Crippen LogP contribution in [0, 0.1) is 5.82 Å². The van der Waals surface area contributed by atoms with Crippen molar-refractivity contribution in [1.82, 2.24) is 0 Å². The molecule has 1 N–H and O–H groups in total. The van der Waals surface area contributed by atoms with Crippen LogP contribution < -0.4 is 9.46 Å². The van der Waals surface area contributed by atoms with Crippen LogP contribution in [-0.4, -0.2) is 14.8 Å². The van der Waals surface area contributed by atoms with E-state index in [-0.39, 0.29) is 6.07 Å².